The standard InChI is InChI=1S/C18H15F2NO5/c19-12-3-6-16(14(20)9-12)26-13-4-1-11(2-5-13)17(22)21-7-8-25-10-15(21)18(23)24/h1-6,9,15H,7-8,10H2,(H,23,24). The molecule has 0 aliphatic carbocycles. The number of carboxylic acid groups (broad SMARTS) is 1. The van der Waals surface area contributed by atoms with Crippen LogP contribution in [0.15, 0.2) is 42.5 Å². The first-order valence-corrected chi connectivity index (χ1v) is 7.80. The quantitative estimate of drug-likeness (QED) is 0.904. The maximum Gasteiger partial charge on any atom is 0.328 e. The van der Waals surface area contributed by atoms with E-state index in [1.165, 1.54) is 29.2 Å². The minimum Gasteiger partial charge on any atom is -0.480 e. The number of rotatable bonds is 4. The van der Waals surface area contributed by atoms with Crippen molar-refractivity contribution in [1.29, 1.82) is 0 Å². The van der Waals surface area contributed by atoms with E-state index in [0.717, 1.165) is 12.1 Å². The average Bonchev–Trinajstić information content (AvgIpc) is 2.64. The maximum atomic E-state index is 13.6. The minimum atomic E-state index is -1.13. The first kappa shape index (κ1) is 17.8. The number of hydrogen-bond acceptors (Lipinski definition) is 4. The molecule has 2 aromatic carbocycles. The van der Waals surface area contributed by atoms with Crippen LogP contribution in [0.2, 0.25) is 0 Å². The molecule has 0 radical (unpaired) electrons. The highest BCUT2D eigenvalue weighted by molar-refractivity contribution is 5.96. The Bertz CT molecular complexity index is 825. The number of carboxylic acids is 1. The van der Waals surface area contributed by atoms with Gasteiger partial charge in [-0.2, -0.15) is 0 Å². The SMILES string of the molecule is O=C(O)C1COCCN1C(=O)c1ccc(Oc2ccc(F)cc2F)cc1. The van der Waals surface area contributed by atoms with E-state index in [9.17, 15) is 23.5 Å². The van der Waals surface area contributed by atoms with Gasteiger partial charge in [-0.25, -0.2) is 13.6 Å². The summed E-state index contributed by atoms with van der Waals surface area (Å²) in [4.78, 5) is 25.0. The van der Waals surface area contributed by atoms with E-state index in [2.05, 4.69) is 0 Å². The van der Waals surface area contributed by atoms with Crippen molar-refractivity contribution in [3.8, 4) is 11.5 Å². The summed E-state index contributed by atoms with van der Waals surface area (Å²) in [5, 5.41) is 9.20. The predicted molar refractivity (Wildman–Crippen MR) is 86.2 cm³/mol. The molecule has 1 amide bonds. The van der Waals surface area contributed by atoms with Crippen LogP contribution in [0.1, 0.15) is 10.4 Å². The summed E-state index contributed by atoms with van der Waals surface area (Å²) in [5.41, 5.74) is 0.269. The first-order chi connectivity index (χ1) is 12.5. The third-order valence-electron chi connectivity index (χ3n) is 3.90. The number of morpholine rings is 1. The molecule has 0 spiro atoms. The predicted octanol–water partition coefficient (Wildman–Crippen LogP) is 2.68. The summed E-state index contributed by atoms with van der Waals surface area (Å²) < 4.78 is 36.9. The van der Waals surface area contributed by atoms with Gasteiger partial charge in [-0.15, -0.1) is 0 Å². The number of hydrogen-bond donors (Lipinski definition) is 1. The smallest absolute Gasteiger partial charge is 0.328 e. The van der Waals surface area contributed by atoms with Gasteiger partial charge in [0.05, 0.1) is 13.2 Å². The third kappa shape index (κ3) is 3.80. The van der Waals surface area contributed by atoms with Gasteiger partial charge in [0.25, 0.3) is 5.91 Å². The molecule has 1 saturated heterocycles. The summed E-state index contributed by atoms with van der Waals surface area (Å²) in [7, 11) is 0. The minimum absolute atomic E-state index is 0.0634. The van der Waals surface area contributed by atoms with Crippen LogP contribution in [-0.2, 0) is 9.53 Å². The number of carbonyl (C=O) groups excluding carboxylic acids is 1. The van der Waals surface area contributed by atoms with Gasteiger partial charge in [0, 0.05) is 18.2 Å². The number of carbonyl (C=O) groups is 2. The van der Waals surface area contributed by atoms with Crippen LogP contribution in [-0.4, -0.2) is 47.7 Å². The molecular weight excluding hydrogens is 348 g/mol. The normalized spacial score (nSPS) is 17.0. The van der Waals surface area contributed by atoms with Crippen LogP contribution in [0.5, 0.6) is 11.5 Å². The van der Waals surface area contributed by atoms with Crippen LogP contribution < -0.4 is 4.74 Å². The average molecular weight is 363 g/mol. The number of aliphatic carboxylic acids is 1. The Morgan fingerprint density at radius 2 is 1.88 bits per heavy atom. The number of benzene rings is 2. The summed E-state index contributed by atoms with van der Waals surface area (Å²) in [6, 6.07) is 7.70. The van der Waals surface area contributed by atoms with Gasteiger partial charge < -0.3 is 19.5 Å². The molecule has 0 saturated carbocycles. The number of ether oxygens (including phenoxy) is 2. The van der Waals surface area contributed by atoms with E-state index in [4.69, 9.17) is 9.47 Å². The van der Waals surface area contributed by atoms with Gasteiger partial charge in [-0.1, -0.05) is 0 Å². The van der Waals surface area contributed by atoms with E-state index >= 15 is 0 Å². The van der Waals surface area contributed by atoms with Crippen LogP contribution in [0, 0.1) is 11.6 Å². The molecule has 1 heterocycles. The van der Waals surface area contributed by atoms with E-state index < -0.39 is 29.6 Å². The second kappa shape index (κ2) is 7.49. The lowest BCUT2D eigenvalue weighted by atomic mass is 10.1. The molecular formula is C18H15F2NO5. The Morgan fingerprint density at radius 3 is 2.54 bits per heavy atom. The second-order valence-corrected chi connectivity index (χ2v) is 5.63. The summed E-state index contributed by atoms with van der Waals surface area (Å²) in [6.07, 6.45) is 0. The van der Waals surface area contributed by atoms with E-state index in [0.29, 0.717) is 6.07 Å². The summed E-state index contributed by atoms with van der Waals surface area (Å²) >= 11 is 0. The lowest BCUT2D eigenvalue weighted by molar-refractivity contribution is -0.147. The fourth-order valence-electron chi connectivity index (χ4n) is 2.57. The Kier molecular flexibility index (Phi) is 5.13. The van der Waals surface area contributed by atoms with Crippen LogP contribution in [0.4, 0.5) is 8.78 Å². The Labute approximate surface area is 147 Å². The third-order valence-corrected chi connectivity index (χ3v) is 3.90. The molecule has 1 aliphatic heterocycles. The van der Waals surface area contributed by atoms with Gasteiger partial charge in [0.15, 0.2) is 17.6 Å². The zero-order chi connectivity index (χ0) is 18.7. The number of amides is 1. The van der Waals surface area contributed by atoms with E-state index in [-0.39, 0.29) is 36.8 Å². The zero-order valence-corrected chi connectivity index (χ0v) is 13.5. The Morgan fingerprint density at radius 1 is 1.15 bits per heavy atom. The molecule has 1 unspecified atom stereocenters. The molecule has 1 aliphatic rings. The molecule has 1 fully saturated rings. The van der Waals surface area contributed by atoms with Crippen molar-refractivity contribution in [3.05, 3.63) is 59.7 Å². The lowest BCUT2D eigenvalue weighted by Crippen LogP contribution is -2.52. The molecule has 8 heteroatoms. The van der Waals surface area contributed by atoms with Crippen molar-refractivity contribution in [3.63, 3.8) is 0 Å². The highest BCUT2D eigenvalue weighted by atomic mass is 19.1. The van der Waals surface area contributed by atoms with Crippen molar-refractivity contribution in [2.75, 3.05) is 19.8 Å². The molecule has 1 atom stereocenters. The zero-order valence-electron chi connectivity index (χ0n) is 13.5. The molecule has 0 bridgehead atoms. The van der Waals surface area contributed by atoms with Crippen molar-refractivity contribution in [2.24, 2.45) is 0 Å². The van der Waals surface area contributed by atoms with Crippen molar-refractivity contribution in [2.45, 2.75) is 6.04 Å². The Hall–Kier alpha value is -3.00. The molecule has 136 valence electrons. The highest BCUT2D eigenvalue weighted by Gasteiger charge is 2.33. The van der Waals surface area contributed by atoms with Gasteiger partial charge in [-0.05, 0) is 36.4 Å². The molecule has 2 aromatic rings. The maximum absolute atomic E-state index is 13.6. The van der Waals surface area contributed by atoms with Crippen LogP contribution in [0.25, 0.3) is 0 Å². The van der Waals surface area contributed by atoms with E-state index in [1.54, 1.807) is 0 Å². The monoisotopic (exact) mass is 363 g/mol. The first-order valence-electron chi connectivity index (χ1n) is 7.80. The lowest BCUT2D eigenvalue weighted by Gasteiger charge is -2.32. The summed E-state index contributed by atoms with van der Waals surface area (Å²) in [6.45, 7) is 0.377. The largest absolute Gasteiger partial charge is 0.480 e. The fourth-order valence-corrected chi connectivity index (χ4v) is 2.57. The number of halogens is 2. The molecule has 26 heavy (non-hydrogen) atoms. The van der Waals surface area contributed by atoms with Gasteiger partial charge in [0.1, 0.15) is 11.6 Å². The molecule has 0 aromatic heterocycles. The molecule has 6 nitrogen and oxygen atoms in total. The van der Waals surface area contributed by atoms with Gasteiger partial charge >= 0.3 is 5.97 Å². The second-order valence-electron chi connectivity index (χ2n) is 5.63. The van der Waals surface area contributed by atoms with Gasteiger partial charge in [-0.3, -0.25) is 4.79 Å². The number of nitrogens with zero attached hydrogens (tertiary/aromatic N) is 1. The Balaban J connectivity index is 1.74. The molecule has 3 rings (SSSR count). The van der Waals surface area contributed by atoms with E-state index in [1.807, 2.05) is 0 Å². The fraction of sp³-hybridized carbons (Fsp3) is 0.222. The highest BCUT2D eigenvalue weighted by Crippen LogP contribution is 2.25. The summed E-state index contributed by atoms with van der Waals surface area (Å²) in [5.74, 6) is -3.03. The van der Waals surface area contributed by atoms with Crippen LogP contribution in [0.3, 0.4) is 0 Å². The topological polar surface area (TPSA) is 76.1 Å². The van der Waals surface area contributed by atoms with Crippen molar-refractivity contribution < 1.29 is 33.0 Å². The van der Waals surface area contributed by atoms with Crippen LogP contribution >= 0.6 is 0 Å². The van der Waals surface area contributed by atoms with Crippen molar-refractivity contribution in [1.82, 2.24) is 4.90 Å². The molecule has 1 N–H and O–H groups in total. The van der Waals surface area contributed by atoms with Crippen molar-refractivity contribution >= 4 is 11.9 Å². The van der Waals surface area contributed by atoms with Gasteiger partial charge in [0.2, 0.25) is 0 Å².